The first-order chi connectivity index (χ1) is 5.13. The van der Waals surface area contributed by atoms with Crippen LogP contribution in [0.15, 0.2) is 12.2 Å². The summed E-state index contributed by atoms with van der Waals surface area (Å²) in [4.78, 5) is 0. The molecule has 1 N–H and O–H groups in total. The van der Waals surface area contributed by atoms with Gasteiger partial charge in [-0.15, -0.1) is 6.58 Å². The predicted molar refractivity (Wildman–Crippen MR) is 53.4 cm³/mol. The molecular formula is C10H23OV-. The van der Waals surface area contributed by atoms with E-state index in [1.165, 1.54) is 12.0 Å². The normalized spacial score (nSPS) is 6.67. The Labute approximate surface area is 90.1 Å². The number of aliphatic hydroxyl groups is 1. The Kier molecular flexibility index (Phi) is 42.7. The van der Waals surface area contributed by atoms with Gasteiger partial charge >= 0.3 is 0 Å². The summed E-state index contributed by atoms with van der Waals surface area (Å²) in [6, 6.07) is 0. The number of hydrogen-bond donors (Lipinski definition) is 1. The average molecular weight is 210 g/mol. The van der Waals surface area contributed by atoms with Gasteiger partial charge in [0.25, 0.3) is 0 Å². The zero-order chi connectivity index (χ0) is 9.86. The molecule has 0 fully saturated rings. The minimum absolute atomic E-state index is 0. The van der Waals surface area contributed by atoms with Crippen molar-refractivity contribution in [1.82, 2.24) is 0 Å². The van der Waals surface area contributed by atoms with E-state index < -0.39 is 0 Å². The topological polar surface area (TPSA) is 20.2 Å². The van der Waals surface area contributed by atoms with Crippen LogP contribution in [0.2, 0.25) is 0 Å². The van der Waals surface area contributed by atoms with Gasteiger partial charge in [0.2, 0.25) is 0 Å². The van der Waals surface area contributed by atoms with E-state index >= 15 is 0 Å². The van der Waals surface area contributed by atoms with Crippen LogP contribution in [0.4, 0.5) is 0 Å². The van der Waals surface area contributed by atoms with Crippen molar-refractivity contribution in [1.29, 1.82) is 0 Å². The second-order valence-electron chi connectivity index (χ2n) is 2.56. The maximum absolute atomic E-state index is 7.00. The Morgan fingerprint density at radius 2 is 1.58 bits per heavy atom. The van der Waals surface area contributed by atoms with Gasteiger partial charge in [0.05, 0.1) is 0 Å². The Bertz CT molecular complexity index is 70.2. The molecule has 1 nitrogen and oxygen atoms in total. The van der Waals surface area contributed by atoms with Gasteiger partial charge in [-0.3, -0.25) is 0 Å². The van der Waals surface area contributed by atoms with Crippen LogP contribution in [0.1, 0.15) is 34.1 Å². The fourth-order valence-corrected chi connectivity index (χ4v) is 0.697. The minimum atomic E-state index is 0. The summed E-state index contributed by atoms with van der Waals surface area (Å²) >= 11 is 0. The van der Waals surface area contributed by atoms with Gasteiger partial charge in [-0.25, -0.2) is 0 Å². The zero-order valence-electron chi connectivity index (χ0n) is 9.09. The van der Waals surface area contributed by atoms with Gasteiger partial charge in [-0.2, -0.15) is 6.92 Å². The fourth-order valence-electron chi connectivity index (χ4n) is 0.697. The molecule has 0 saturated heterocycles. The van der Waals surface area contributed by atoms with E-state index in [4.69, 9.17) is 5.11 Å². The van der Waals surface area contributed by atoms with Gasteiger partial charge in [0.1, 0.15) is 0 Å². The van der Waals surface area contributed by atoms with Crippen LogP contribution >= 0.6 is 0 Å². The van der Waals surface area contributed by atoms with E-state index in [1.807, 2.05) is 0 Å². The number of allylic oxidation sites excluding steroid dienone is 1. The molecule has 0 saturated carbocycles. The molecule has 0 heterocycles. The number of hydrogen-bond acceptors (Lipinski definition) is 1. The average Bonchev–Trinajstić information content (AvgIpc) is 1.93. The summed E-state index contributed by atoms with van der Waals surface area (Å²) in [5.41, 5.74) is 1.29. The molecule has 0 spiro atoms. The molecule has 0 rings (SSSR count). The quantitative estimate of drug-likeness (QED) is 0.548. The predicted octanol–water partition coefficient (Wildman–Crippen LogP) is 3.05. The Hall–Kier alpha value is 0.284. The van der Waals surface area contributed by atoms with Crippen molar-refractivity contribution in [3.63, 3.8) is 0 Å². The second-order valence-corrected chi connectivity index (χ2v) is 2.56. The molecule has 12 heavy (non-hydrogen) atoms. The van der Waals surface area contributed by atoms with Crippen molar-refractivity contribution in [2.24, 2.45) is 5.92 Å². The molecule has 0 aromatic rings. The van der Waals surface area contributed by atoms with Gasteiger partial charge in [0, 0.05) is 25.7 Å². The first kappa shape index (κ1) is 22.8. The van der Waals surface area contributed by atoms with Crippen molar-refractivity contribution in [2.45, 2.75) is 34.1 Å². The third-order valence-electron chi connectivity index (χ3n) is 0.757. The maximum Gasteiger partial charge on any atom is 0.0319 e. The van der Waals surface area contributed by atoms with Crippen molar-refractivity contribution in [2.75, 3.05) is 7.11 Å². The molecule has 0 aromatic heterocycles. The van der Waals surface area contributed by atoms with Crippen LogP contribution in [0, 0.1) is 12.8 Å². The molecule has 0 aliphatic rings. The molecule has 0 unspecified atom stereocenters. The minimum Gasteiger partial charge on any atom is -0.400 e. The van der Waals surface area contributed by atoms with Crippen molar-refractivity contribution < 1.29 is 23.7 Å². The summed E-state index contributed by atoms with van der Waals surface area (Å²) in [5.74, 6) is 0.775. The van der Waals surface area contributed by atoms with E-state index in [1.54, 1.807) is 6.92 Å². The maximum atomic E-state index is 7.00. The summed E-state index contributed by atoms with van der Waals surface area (Å²) in [6.07, 6.45) is 1.17. The number of aliphatic hydroxyl groups excluding tert-OH is 1. The molecule has 0 aromatic carbocycles. The summed E-state index contributed by atoms with van der Waals surface area (Å²) in [6.45, 7) is 15.3. The van der Waals surface area contributed by atoms with Crippen LogP contribution in [0.5, 0.6) is 0 Å². The van der Waals surface area contributed by atoms with E-state index in [2.05, 4.69) is 34.3 Å². The van der Waals surface area contributed by atoms with Crippen LogP contribution in [-0.4, -0.2) is 12.2 Å². The third-order valence-corrected chi connectivity index (χ3v) is 0.757. The molecule has 0 atom stereocenters. The monoisotopic (exact) mass is 210 g/mol. The smallest absolute Gasteiger partial charge is 0.0319 e. The van der Waals surface area contributed by atoms with Crippen molar-refractivity contribution in [3.8, 4) is 0 Å². The molecular weight excluding hydrogens is 187 g/mol. The first-order valence-corrected chi connectivity index (χ1v) is 3.92. The number of rotatable bonds is 2. The van der Waals surface area contributed by atoms with E-state index in [0.29, 0.717) is 0 Å². The van der Waals surface area contributed by atoms with Crippen LogP contribution in [0.3, 0.4) is 0 Å². The van der Waals surface area contributed by atoms with E-state index in [0.717, 1.165) is 13.0 Å². The first-order valence-electron chi connectivity index (χ1n) is 3.92. The molecule has 75 valence electrons. The Balaban J connectivity index is -0.0000000560. The third kappa shape index (κ3) is 48.3. The van der Waals surface area contributed by atoms with E-state index in [-0.39, 0.29) is 18.6 Å². The van der Waals surface area contributed by atoms with Gasteiger partial charge < -0.3 is 12.0 Å². The Morgan fingerprint density at radius 3 is 1.58 bits per heavy atom. The standard InChI is InChI=1S/C7H14.C2H5.CH4O.V/c1-6(2)5-7(3)4;2*1-2;/h7H,1,5H2,2-4H3;1H2,2H3;2H,1H3;/q;-1;;. The fraction of sp³-hybridized carbons (Fsp3) is 0.700. The summed E-state index contributed by atoms with van der Waals surface area (Å²) in [7, 11) is 1.00. The molecule has 0 bridgehead atoms. The van der Waals surface area contributed by atoms with Crippen LogP contribution in [-0.2, 0) is 18.6 Å². The molecule has 0 aliphatic heterocycles. The molecule has 1 radical (unpaired) electrons. The Morgan fingerprint density at radius 1 is 1.33 bits per heavy atom. The largest absolute Gasteiger partial charge is 0.400 e. The second kappa shape index (κ2) is 22.5. The van der Waals surface area contributed by atoms with Crippen molar-refractivity contribution >= 4 is 0 Å². The molecule has 0 amide bonds. The molecule has 0 aliphatic carbocycles. The molecule has 2 heteroatoms. The van der Waals surface area contributed by atoms with Crippen molar-refractivity contribution in [3.05, 3.63) is 19.1 Å². The van der Waals surface area contributed by atoms with Crippen LogP contribution in [0.25, 0.3) is 0 Å². The van der Waals surface area contributed by atoms with Gasteiger partial charge in [-0.1, -0.05) is 19.4 Å². The summed E-state index contributed by atoms with van der Waals surface area (Å²) in [5, 5.41) is 7.00. The summed E-state index contributed by atoms with van der Waals surface area (Å²) < 4.78 is 0. The van der Waals surface area contributed by atoms with Gasteiger partial charge in [-0.05, 0) is 19.3 Å². The SMILES string of the molecule is C=C(C)CC(C)C.CO.[CH2-]C.[V]. The zero-order valence-corrected chi connectivity index (χ0v) is 10.5. The van der Waals surface area contributed by atoms with E-state index in [9.17, 15) is 0 Å². The van der Waals surface area contributed by atoms with Gasteiger partial charge in [0.15, 0.2) is 0 Å². The van der Waals surface area contributed by atoms with Crippen LogP contribution < -0.4 is 0 Å².